The summed E-state index contributed by atoms with van der Waals surface area (Å²) in [5, 5.41) is 3.01. The van der Waals surface area contributed by atoms with Gasteiger partial charge in [-0.2, -0.15) is 0 Å². The smallest absolute Gasteiger partial charge is 0.275 e. The van der Waals surface area contributed by atoms with Gasteiger partial charge in [-0.3, -0.25) is 4.79 Å². The van der Waals surface area contributed by atoms with Gasteiger partial charge in [-0.25, -0.2) is 4.98 Å². The van der Waals surface area contributed by atoms with Crippen LogP contribution in [0, 0.1) is 13.8 Å². The van der Waals surface area contributed by atoms with Crippen LogP contribution < -0.4 is 5.32 Å². The number of amides is 1. The third-order valence-electron chi connectivity index (χ3n) is 3.83. The van der Waals surface area contributed by atoms with Crippen LogP contribution in [-0.2, 0) is 6.42 Å². The van der Waals surface area contributed by atoms with Crippen LogP contribution in [0.25, 0.3) is 5.65 Å². The summed E-state index contributed by atoms with van der Waals surface area (Å²) >= 11 is 0. The number of fused-ring (bicyclic) bond motifs is 1. The predicted molar refractivity (Wildman–Crippen MR) is 88.4 cm³/mol. The van der Waals surface area contributed by atoms with E-state index in [1.54, 1.807) is 6.20 Å². The van der Waals surface area contributed by atoms with Gasteiger partial charge < -0.3 is 9.72 Å². The molecule has 4 nitrogen and oxygen atoms in total. The Morgan fingerprint density at radius 2 is 2.09 bits per heavy atom. The maximum Gasteiger partial charge on any atom is 0.275 e. The first-order valence-corrected chi connectivity index (χ1v) is 7.43. The monoisotopic (exact) mass is 293 g/mol. The SMILES string of the molecule is CCc1cccc(C)c1NC(=O)c1cn2ccc(C)cc2n1. The summed E-state index contributed by atoms with van der Waals surface area (Å²) < 4.78 is 1.86. The summed E-state index contributed by atoms with van der Waals surface area (Å²) in [6.45, 7) is 6.09. The van der Waals surface area contributed by atoms with Gasteiger partial charge in [-0.05, 0) is 49.1 Å². The lowest BCUT2D eigenvalue weighted by molar-refractivity contribution is 0.102. The Morgan fingerprint density at radius 3 is 2.86 bits per heavy atom. The number of aromatic nitrogens is 2. The van der Waals surface area contributed by atoms with Gasteiger partial charge >= 0.3 is 0 Å². The number of nitrogens with zero attached hydrogens (tertiary/aromatic N) is 2. The number of carbonyl (C=O) groups is 1. The number of nitrogens with one attached hydrogen (secondary N) is 1. The molecular weight excluding hydrogens is 274 g/mol. The zero-order valence-electron chi connectivity index (χ0n) is 13.1. The lowest BCUT2D eigenvalue weighted by Gasteiger charge is -2.11. The van der Waals surface area contributed by atoms with E-state index in [0.717, 1.165) is 34.4 Å². The van der Waals surface area contributed by atoms with Crippen molar-refractivity contribution in [3.8, 4) is 0 Å². The summed E-state index contributed by atoms with van der Waals surface area (Å²) in [6, 6.07) is 10.0. The van der Waals surface area contributed by atoms with Gasteiger partial charge in [0.2, 0.25) is 0 Å². The van der Waals surface area contributed by atoms with Gasteiger partial charge in [-0.1, -0.05) is 25.1 Å². The molecule has 1 amide bonds. The van der Waals surface area contributed by atoms with Crippen molar-refractivity contribution in [2.45, 2.75) is 27.2 Å². The first-order chi connectivity index (χ1) is 10.6. The Morgan fingerprint density at radius 1 is 1.27 bits per heavy atom. The van der Waals surface area contributed by atoms with Gasteiger partial charge in [0.15, 0.2) is 0 Å². The number of para-hydroxylation sites is 1. The van der Waals surface area contributed by atoms with Crippen LogP contribution in [0.1, 0.15) is 34.1 Å². The van der Waals surface area contributed by atoms with Crippen LogP contribution in [0.5, 0.6) is 0 Å². The standard InChI is InChI=1S/C18H19N3O/c1-4-14-7-5-6-13(3)17(14)20-18(22)15-11-21-9-8-12(2)10-16(21)19-15/h5-11H,4H2,1-3H3,(H,20,22). The fourth-order valence-electron chi connectivity index (χ4n) is 2.57. The molecule has 112 valence electrons. The zero-order chi connectivity index (χ0) is 15.7. The summed E-state index contributed by atoms with van der Waals surface area (Å²) in [4.78, 5) is 16.9. The molecule has 22 heavy (non-hydrogen) atoms. The fourth-order valence-corrected chi connectivity index (χ4v) is 2.57. The second kappa shape index (κ2) is 5.64. The molecule has 1 N–H and O–H groups in total. The molecule has 0 radical (unpaired) electrons. The summed E-state index contributed by atoms with van der Waals surface area (Å²) in [7, 11) is 0. The van der Waals surface area contributed by atoms with Crippen LogP contribution in [0.2, 0.25) is 0 Å². The summed E-state index contributed by atoms with van der Waals surface area (Å²) in [6.07, 6.45) is 4.55. The van der Waals surface area contributed by atoms with Crippen molar-refractivity contribution >= 4 is 17.2 Å². The third kappa shape index (κ3) is 2.60. The van der Waals surface area contributed by atoms with Crippen LogP contribution >= 0.6 is 0 Å². The van der Waals surface area contributed by atoms with Crippen molar-refractivity contribution in [2.24, 2.45) is 0 Å². The number of hydrogen-bond donors (Lipinski definition) is 1. The van der Waals surface area contributed by atoms with Crippen molar-refractivity contribution in [3.63, 3.8) is 0 Å². The van der Waals surface area contributed by atoms with Crippen LogP contribution in [0.3, 0.4) is 0 Å². The van der Waals surface area contributed by atoms with E-state index >= 15 is 0 Å². The summed E-state index contributed by atoms with van der Waals surface area (Å²) in [5.41, 5.74) is 5.42. The van der Waals surface area contributed by atoms with E-state index < -0.39 is 0 Å². The molecule has 4 heteroatoms. The van der Waals surface area contributed by atoms with Crippen LogP contribution in [0.4, 0.5) is 5.69 Å². The fraction of sp³-hybridized carbons (Fsp3) is 0.222. The van der Waals surface area contributed by atoms with Gasteiger partial charge in [-0.15, -0.1) is 0 Å². The molecule has 0 aliphatic heterocycles. The molecule has 0 saturated carbocycles. The lowest BCUT2D eigenvalue weighted by atomic mass is 10.1. The predicted octanol–water partition coefficient (Wildman–Crippen LogP) is 3.77. The van der Waals surface area contributed by atoms with Gasteiger partial charge in [0.25, 0.3) is 5.91 Å². The molecule has 3 rings (SSSR count). The highest BCUT2D eigenvalue weighted by molar-refractivity contribution is 6.04. The Bertz CT molecular complexity index is 849. The highest BCUT2D eigenvalue weighted by atomic mass is 16.1. The number of carbonyl (C=O) groups excluding carboxylic acids is 1. The average molecular weight is 293 g/mol. The molecule has 3 aromatic rings. The van der Waals surface area contributed by atoms with E-state index in [1.165, 1.54) is 0 Å². The number of anilines is 1. The molecule has 0 spiro atoms. The van der Waals surface area contributed by atoms with Crippen molar-refractivity contribution in [2.75, 3.05) is 5.32 Å². The molecular formula is C18H19N3O. The molecule has 2 heterocycles. The van der Waals surface area contributed by atoms with Crippen molar-refractivity contribution in [3.05, 3.63) is 65.1 Å². The molecule has 0 aliphatic carbocycles. The summed E-state index contributed by atoms with van der Waals surface area (Å²) in [5.74, 6) is -0.176. The number of rotatable bonds is 3. The van der Waals surface area contributed by atoms with Crippen molar-refractivity contribution in [1.82, 2.24) is 9.38 Å². The van der Waals surface area contributed by atoms with E-state index in [1.807, 2.05) is 54.8 Å². The van der Waals surface area contributed by atoms with Crippen LogP contribution in [0.15, 0.2) is 42.7 Å². The third-order valence-corrected chi connectivity index (χ3v) is 3.83. The van der Waals surface area contributed by atoms with Gasteiger partial charge in [0.1, 0.15) is 11.3 Å². The van der Waals surface area contributed by atoms with Gasteiger partial charge in [0, 0.05) is 18.1 Å². The van der Waals surface area contributed by atoms with E-state index in [-0.39, 0.29) is 5.91 Å². The Labute approximate surface area is 129 Å². The van der Waals surface area contributed by atoms with Crippen LogP contribution in [-0.4, -0.2) is 15.3 Å². The molecule has 2 aromatic heterocycles. The second-order valence-electron chi connectivity index (χ2n) is 5.51. The maximum absolute atomic E-state index is 12.5. The number of hydrogen-bond acceptors (Lipinski definition) is 2. The van der Waals surface area contributed by atoms with Gasteiger partial charge in [0.05, 0.1) is 0 Å². The minimum Gasteiger partial charge on any atom is -0.320 e. The second-order valence-corrected chi connectivity index (χ2v) is 5.51. The number of aryl methyl sites for hydroxylation is 3. The average Bonchev–Trinajstić information content (AvgIpc) is 2.92. The zero-order valence-corrected chi connectivity index (χ0v) is 13.1. The Kier molecular flexibility index (Phi) is 3.67. The molecule has 0 atom stereocenters. The lowest BCUT2D eigenvalue weighted by Crippen LogP contribution is -2.14. The molecule has 0 fully saturated rings. The van der Waals surface area contributed by atoms with E-state index in [2.05, 4.69) is 17.2 Å². The number of pyridine rings is 1. The highest BCUT2D eigenvalue weighted by Crippen LogP contribution is 2.22. The number of benzene rings is 1. The molecule has 1 aromatic carbocycles. The Balaban J connectivity index is 1.93. The topological polar surface area (TPSA) is 46.4 Å². The molecule has 0 unspecified atom stereocenters. The molecule has 0 saturated heterocycles. The minimum atomic E-state index is -0.176. The molecule has 0 aliphatic rings. The maximum atomic E-state index is 12.5. The van der Waals surface area contributed by atoms with Crippen molar-refractivity contribution in [1.29, 1.82) is 0 Å². The largest absolute Gasteiger partial charge is 0.320 e. The first-order valence-electron chi connectivity index (χ1n) is 7.43. The number of imidazole rings is 1. The van der Waals surface area contributed by atoms with E-state index in [9.17, 15) is 4.79 Å². The van der Waals surface area contributed by atoms with E-state index in [0.29, 0.717) is 5.69 Å². The normalized spacial score (nSPS) is 10.9. The quantitative estimate of drug-likeness (QED) is 0.799. The minimum absolute atomic E-state index is 0.176. The molecule has 0 bridgehead atoms. The van der Waals surface area contributed by atoms with E-state index in [4.69, 9.17) is 0 Å². The highest BCUT2D eigenvalue weighted by Gasteiger charge is 2.14. The first kappa shape index (κ1) is 14.3. The Hall–Kier alpha value is -2.62. The van der Waals surface area contributed by atoms with Crippen molar-refractivity contribution < 1.29 is 4.79 Å².